The molecule has 1 saturated carbocycles. The summed E-state index contributed by atoms with van der Waals surface area (Å²) in [4.78, 5) is 12.0. The van der Waals surface area contributed by atoms with Crippen molar-refractivity contribution < 1.29 is 14.6 Å². The molecule has 0 aromatic heterocycles. The van der Waals surface area contributed by atoms with Crippen molar-refractivity contribution in [2.45, 2.75) is 44.6 Å². The summed E-state index contributed by atoms with van der Waals surface area (Å²) in [5.74, 6) is 0.613. The molecular weight excluding hydrogens is 254 g/mol. The Bertz CT molecular complexity index is 436. The van der Waals surface area contributed by atoms with Gasteiger partial charge >= 0.3 is 0 Å². The van der Waals surface area contributed by atoms with E-state index in [4.69, 9.17) is 4.74 Å². The van der Waals surface area contributed by atoms with Gasteiger partial charge in [0, 0.05) is 12.1 Å². The van der Waals surface area contributed by atoms with Crippen molar-refractivity contribution in [3.8, 4) is 5.75 Å². The molecule has 0 spiro atoms. The van der Waals surface area contributed by atoms with E-state index in [1.165, 1.54) is 6.42 Å². The fourth-order valence-corrected chi connectivity index (χ4v) is 2.60. The summed E-state index contributed by atoms with van der Waals surface area (Å²) in [6.07, 6.45) is 4.80. The van der Waals surface area contributed by atoms with Gasteiger partial charge in [-0.25, -0.2) is 0 Å². The van der Waals surface area contributed by atoms with Crippen LogP contribution >= 0.6 is 0 Å². The summed E-state index contributed by atoms with van der Waals surface area (Å²) < 4.78 is 5.34. The van der Waals surface area contributed by atoms with Crippen LogP contribution < -0.4 is 10.1 Å². The lowest BCUT2D eigenvalue weighted by Gasteiger charge is -2.32. The largest absolute Gasteiger partial charge is 0.494 e. The number of carbonyl (C=O) groups excluding carboxylic acids is 1. The highest BCUT2D eigenvalue weighted by Crippen LogP contribution is 2.27. The first-order valence-electron chi connectivity index (χ1n) is 7.36. The van der Waals surface area contributed by atoms with Gasteiger partial charge in [-0.2, -0.15) is 0 Å². The molecular formula is C16H23NO3. The maximum absolute atomic E-state index is 12.0. The average molecular weight is 277 g/mol. The monoisotopic (exact) mass is 277 g/mol. The number of aliphatic hydroxyl groups is 1. The van der Waals surface area contributed by atoms with Gasteiger partial charge in [0.2, 0.25) is 0 Å². The van der Waals surface area contributed by atoms with Crippen LogP contribution in [0.5, 0.6) is 5.75 Å². The van der Waals surface area contributed by atoms with Crippen molar-refractivity contribution in [2.75, 3.05) is 13.2 Å². The Morgan fingerprint density at radius 3 is 2.50 bits per heavy atom. The van der Waals surface area contributed by atoms with Crippen molar-refractivity contribution in [1.29, 1.82) is 0 Å². The summed E-state index contributed by atoms with van der Waals surface area (Å²) in [6, 6.07) is 7.05. The third-order valence-corrected chi connectivity index (χ3v) is 3.79. The lowest BCUT2D eigenvalue weighted by atomic mass is 9.85. The normalized spacial score (nSPS) is 17.5. The van der Waals surface area contributed by atoms with Gasteiger partial charge in [0.15, 0.2) is 0 Å². The second-order valence-corrected chi connectivity index (χ2v) is 5.43. The van der Waals surface area contributed by atoms with Crippen LogP contribution in [0, 0.1) is 0 Å². The zero-order valence-corrected chi connectivity index (χ0v) is 12.0. The Hall–Kier alpha value is -1.55. The molecule has 1 aliphatic carbocycles. The summed E-state index contributed by atoms with van der Waals surface area (Å²) in [7, 11) is 0. The minimum Gasteiger partial charge on any atom is -0.494 e. The maximum Gasteiger partial charge on any atom is 0.251 e. The number of benzene rings is 1. The molecule has 2 rings (SSSR count). The third kappa shape index (κ3) is 3.97. The summed E-state index contributed by atoms with van der Waals surface area (Å²) >= 11 is 0. The zero-order chi connectivity index (χ0) is 14.4. The van der Waals surface area contributed by atoms with Crippen molar-refractivity contribution in [3.63, 3.8) is 0 Å². The molecule has 2 N–H and O–H groups in total. The second kappa shape index (κ2) is 6.75. The van der Waals surface area contributed by atoms with E-state index >= 15 is 0 Å². The lowest BCUT2D eigenvalue weighted by Crippen LogP contribution is -2.44. The number of rotatable bonds is 5. The molecule has 4 nitrogen and oxygen atoms in total. The smallest absolute Gasteiger partial charge is 0.251 e. The number of ether oxygens (including phenoxy) is 1. The Kier molecular flexibility index (Phi) is 5.01. The van der Waals surface area contributed by atoms with E-state index in [1.807, 2.05) is 6.92 Å². The van der Waals surface area contributed by atoms with E-state index in [0.29, 0.717) is 18.7 Å². The molecule has 4 heteroatoms. The highest BCUT2D eigenvalue weighted by molar-refractivity contribution is 5.94. The van der Waals surface area contributed by atoms with E-state index in [1.54, 1.807) is 24.3 Å². The molecule has 0 aliphatic heterocycles. The van der Waals surface area contributed by atoms with Gasteiger partial charge in [-0.15, -0.1) is 0 Å². The van der Waals surface area contributed by atoms with Gasteiger partial charge < -0.3 is 15.2 Å². The predicted octanol–water partition coefficient (Wildman–Crippen LogP) is 2.51. The van der Waals surface area contributed by atoms with E-state index in [0.717, 1.165) is 31.4 Å². The molecule has 1 aromatic carbocycles. The predicted molar refractivity (Wildman–Crippen MR) is 78.0 cm³/mol. The Labute approximate surface area is 120 Å². The second-order valence-electron chi connectivity index (χ2n) is 5.43. The highest BCUT2D eigenvalue weighted by Gasteiger charge is 2.29. The van der Waals surface area contributed by atoms with Crippen LogP contribution in [0.4, 0.5) is 0 Å². The average Bonchev–Trinajstić information content (AvgIpc) is 2.47. The molecule has 20 heavy (non-hydrogen) atoms. The number of amides is 1. The molecule has 1 fully saturated rings. The van der Waals surface area contributed by atoms with E-state index in [9.17, 15) is 9.90 Å². The number of nitrogens with one attached hydrogen (secondary N) is 1. The third-order valence-electron chi connectivity index (χ3n) is 3.79. The molecule has 1 aromatic rings. The fourth-order valence-electron chi connectivity index (χ4n) is 2.60. The molecule has 1 aliphatic rings. The van der Waals surface area contributed by atoms with Crippen LogP contribution in [-0.2, 0) is 0 Å². The van der Waals surface area contributed by atoms with Crippen LogP contribution in [0.2, 0.25) is 0 Å². The van der Waals surface area contributed by atoms with E-state index < -0.39 is 5.60 Å². The lowest BCUT2D eigenvalue weighted by molar-refractivity contribution is 0.00525. The van der Waals surface area contributed by atoms with Gasteiger partial charge in [-0.1, -0.05) is 19.3 Å². The molecule has 0 unspecified atom stereocenters. The molecule has 0 atom stereocenters. The van der Waals surface area contributed by atoms with Crippen LogP contribution in [0.15, 0.2) is 24.3 Å². The van der Waals surface area contributed by atoms with Crippen LogP contribution in [0.1, 0.15) is 49.4 Å². The maximum atomic E-state index is 12.0. The van der Waals surface area contributed by atoms with Crippen molar-refractivity contribution >= 4 is 5.91 Å². The Morgan fingerprint density at radius 1 is 1.25 bits per heavy atom. The Balaban J connectivity index is 1.87. The van der Waals surface area contributed by atoms with Crippen molar-refractivity contribution in [2.24, 2.45) is 0 Å². The Morgan fingerprint density at radius 2 is 1.90 bits per heavy atom. The molecule has 0 bridgehead atoms. The molecule has 1 amide bonds. The van der Waals surface area contributed by atoms with Gasteiger partial charge in [0.1, 0.15) is 5.75 Å². The molecule has 110 valence electrons. The van der Waals surface area contributed by atoms with E-state index in [-0.39, 0.29) is 5.91 Å². The van der Waals surface area contributed by atoms with Gasteiger partial charge in [-0.3, -0.25) is 4.79 Å². The van der Waals surface area contributed by atoms with Gasteiger partial charge in [-0.05, 0) is 44.0 Å². The van der Waals surface area contributed by atoms with Crippen molar-refractivity contribution in [3.05, 3.63) is 29.8 Å². The van der Waals surface area contributed by atoms with Crippen molar-refractivity contribution in [1.82, 2.24) is 5.32 Å². The highest BCUT2D eigenvalue weighted by atomic mass is 16.5. The SMILES string of the molecule is CCOc1ccc(C(=O)NCC2(O)CCCCC2)cc1. The van der Waals surface area contributed by atoms with Crippen LogP contribution in [0.25, 0.3) is 0 Å². The van der Waals surface area contributed by atoms with Crippen LogP contribution in [0.3, 0.4) is 0 Å². The molecule has 0 saturated heterocycles. The topological polar surface area (TPSA) is 58.6 Å². The fraction of sp³-hybridized carbons (Fsp3) is 0.562. The van der Waals surface area contributed by atoms with Crippen LogP contribution in [-0.4, -0.2) is 29.8 Å². The first-order valence-corrected chi connectivity index (χ1v) is 7.36. The molecule has 0 heterocycles. The minimum absolute atomic E-state index is 0.146. The summed E-state index contributed by atoms with van der Waals surface area (Å²) in [5, 5.41) is 13.2. The number of hydrogen-bond acceptors (Lipinski definition) is 3. The first-order chi connectivity index (χ1) is 9.63. The minimum atomic E-state index is -0.723. The summed E-state index contributed by atoms with van der Waals surface area (Å²) in [5.41, 5.74) is -0.132. The number of carbonyl (C=O) groups is 1. The van der Waals surface area contributed by atoms with Gasteiger partial charge in [0.05, 0.1) is 12.2 Å². The first kappa shape index (κ1) is 14.9. The molecule has 0 radical (unpaired) electrons. The number of hydrogen-bond donors (Lipinski definition) is 2. The van der Waals surface area contributed by atoms with E-state index in [2.05, 4.69) is 5.32 Å². The zero-order valence-electron chi connectivity index (χ0n) is 12.0. The van der Waals surface area contributed by atoms with Gasteiger partial charge in [0.25, 0.3) is 5.91 Å². The summed E-state index contributed by atoms with van der Waals surface area (Å²) in [6.45, 7) is 2.86. The standard InChI is InChI=1S/C16H23NO3/c1-2-20-14-8-6-13(7-9-14)15(18)17-12-16(19)10-4-3-5-11-16/h6-9,19H,2-5,10-12H2,1H3,(H,17,18). The quantitative estimate of drug-likeness (QED) is 0.869.